The fraction of sp³-hybridized carbons (Fsp3) is 0.214. The minimum Gasteiger partial charge on any atom is -0.371 e. The molecule has 0 aliphatic rings. The Balaban J connectivity index is 2.19. The van der Waals surface area contributed by atoms with Crippen molar-refractivity contribution in [3.63, 3.8) is 0 Å². The van der Waals surface area contributed by atoms with Gasteiger partial charge in [0.2, 0.25) is 6.54 Å². The van der Waals surface area contributed by atoms with Gasteiger partial charge in [0.1, 0.15) is 6.04 Å². The van der Waals surface area contributed by atoms with Gasteiger partial charge < -0.3 is 5.32 Å². The number of aromatic nitrogens is 1. The van der Waals surface area contributed by atoms with Crippen LogP contribution >= 0.6 is 0 Å². The van der Waals surface area contributed by atoms with E-state index in [0.717, 1.165) is 11.3 Å². The Morgan fingerprint density at radius 3 is 2.58 bits per heavy atom. The van der Waals surface area contributed by atoms with E-state index in [1.807, 2.05) is 37.3 Å². The molecule has 0 aliphatic carbocycles. The molecule has 2 aromatic rings. The van der Waals surface area contributed by atoms with Crippen molar-refractivity contribution in [3.05, 3.63) is 70.0 Å². The number of rotatable bonds is 5. The lowest BCUT2D eigenvalue weighted by Gasteiger charge is -2.15. The van der Waals surface area contributed by atoms with Crippen molar-refractivity contribution < 1.29 is 4.92 Å². The molecule has 0 saturated carbocycles. The molecular weight excluding hydrogens is 242 g/mol. The summed E-state index contributed by atoms with van der Waals surface area (Å²) in [4.78, 5) is 14.6. The van der Waals surface area contributed by atoms with Gasteiger partial charge in [-0.3, -0.25) is 15.1 Å². The van der Waals surface area contributed by atoms with Crippen LogP contribution in [0.4, 0.5) is 5.69 Å². The fourth-order valence-corrected chi connectivity index (χ4v) is 1.80. The Morgan fingerprint density at radius 2 is 2.00 bits per heavy atom. The number of nitrogens with one attached hydrogen (secondary N) is 1. The molecule has 19 heavy (non-hydrogen) atoms. The Hall–Kier alpha value is -2.43. The molecule has 0 spiro atoms. The largest absolute Gasteiger partial charge is 0.371 e. The second-order valence-corrected chi connectivity index (χ2v) is 4.33. The molecule has 0 amide bonds. The van der Waals surface area contributed by atoms with Crippen molar-refractivity contribution in [1.29, 1.82) is 0 Å². The maximum absolute atomic E-state index is 10.8. The number of aryl methyl sites for hydroxylation is 1. The summed E-state index contributed by atoms with van der Waals surface area (Å²) in [5, 5.41) is 13.9. The standard InChI is InChI=1S/C14H15N3O2/c1-11-5-7-12(8-6-11)16-14(10-17(18)19)13-4-2-3-9-15-13/h2-9,14,16H,10H2,1H3. The lowest BCUT2D eigenvalue weighted by atomic mass is 10.1. The van der Waals surface area contributed by atoms with E-state index in [-0.39, 0.29) is 11.5 Å². The van der Waals surface area contributed by atoms with Crippen LogP contribution in [0.1, 0.15) is 17.3 Å². The zero-order valence-electron chi connectivity index (χ0n) is 10.6. The Morgan fingerprint density at radius 1 is 1.26 bits per heavy atom. The van der Waals surface area contributed by atoms with E-state index in [2.05, 4.69) is 10.3 Å². The first-order valence-corrected chi connectivity index (χ1v) is 6.01. The van der Waals surface area contributed by atoms with Crippen molar-refractivity contribution in [2.75, 3.05) is 11.9 Å². The minimum atomic E-state index is -0.432. The molecule has 98 valence electrons. The van der Waals surface area contributed by atoms with E-state index in [1.54, 1.807) is 18.3 Å². The predicted octanol–water partition coefficient (Wildman–Crippen LogP) is 2.82. The molecule has 0 saturated heterocycles. The number of nitro groups is 1. The van der Waals surface area contributed by atoms with Crippen LogP contribution < -0.4 is 5.32 Å². The zero-order chi connectivity index (χ0) is 13.7. The van der Waals surface area contributed by atoms with Gasteiger partial charge in [0, 0.05) is 16.8 Å². The highest BCUT2D eigenvalue weighted by atomic mass is 16.6. The van der Waals surface area contributed by atoms with Crippen LogP contribution in [0.5, 0.6) is 0 Å². The lowest BCUT2D eigenvalue weighted by molar-refractivity contribution is -0.482. The van der Waals surface area contributed by atoms with E-state index in [1.165, 1.54) is 0 Å². The number of nitrogens with zero attached hydrogens (tertiary/aromatic N) is 2. The molecule has 1 aromatic carbocycles. The Kier molecular flexibility index (Phi) is 4.07. The van der Waals surface area contributed by atoms with Crippen LogP contribution in [0, 0.1) is 17.0 Å². The third kappa shape index (κ3) is 3.77. The number of hydrogen-bond donors (Lipinski definition) is 1. The average Bonchev–Trinajstić information content (AvgIpc) is 2.41. The van der Waals surface area contributed by atoms with Crippen LogP contribution in [0.2, 0.25) is 0 Å². The SMILES string of the molecule is Cc1ccc(NC(C[N+](=O)[O-])c2ccccn2)cc1. The smallest absolute Gasteiger partial charge is 0.229 e. The second kappa shape index (κ2) is 5.95. The zero-order valence-corrected chi connectivity index (χ0v) is 10.6. The Labute approximate surface area is 111 Å². The summed E-state index contributed by atoms with van der Waals surface area (Å²) in [6.45, 7) is 1.79. The summed E-state index contributed by atoms with van der Waals surface area (Å²) in [6.07, 6.45) is 1.64. The molecule has 2 rings (SSSR count). The van der Waals surface area contributed by atoms with E-state index in [0.29, 0.717) is 5.69 Å². The van der Waals surface area contributed by atoms with Crippen molar-refractivity contribution in [3.8, 4) is 0 Å². The molecule has 5 heteroatoms. The minimum absolute atomic E-state index is 0.203. The molecule has 5 nitrogen and oxygen atoms in total. The van der Waals surface area contributed by atoms with Crippen molar-refractivity contribution in [2.45, 2.75) is 13.0 Å². The first kappa shape index (κ1) is 13.0. The van der Waals surface area contributed by atoms with Gasteiger partial charge in [0.15, 0.2) is 0 Å². The first-order chi connectivity index (χ1) is 9.15. The van der Waals surface area contributed by atoms with E-state index < -0.39 is 6.04 Å². The van der Waals surface area contributed by atoms with Gasteiger partial charge in [-0.15, -0.1) is 0 Å². The average molecular weight is 257 g/mol. The van der Waals surface area contributed by atoms with Gasteiger partial charge in [0.25, 0.3) is 0 Å². The first-order valence-electron chi connectivity index (χ1n) is 6.01. The normalized spacial score (nSPS) is 11.8. The van der Waals surface area contributed by atoms with Crippen LogP contribution in [0.15, 0.2) is 48.7 Å². The lowest BCUT2D eigenvalue weighted by Crippen LogP contribution is -2.21. The maximum Gasteiger partial charge on any atom is 0.229 e. The molecule has 0 bridgehead atoms. The number of anilines is 1. The van der Waals surface area contributed by atoms with Crippen LogP contribution in [-0.4, -0.2) is 16.5 Å². The molecule has 0 radical (unpaired) electrons. The summed E-state index contributed by atoms with van der Waals surface area (Å²) in [6, 6.07) is 12.7. The van der Waals surface area contributed by atoms with Gasteiger partial charge >= 0.3 is 0 Å². The second-order valence-electron chi connectivity index (χ2n) is 4.33. The quantitative estimate of drug-likeness (QED) is 0.660. The summed E-state index contributed by atoms with van der Waals surface area (Å²) in [7, 11) is 0. The highest BCUT2D eigenvalue weighted by Crippen LogP contribution is 2.18. The molecule has 1 unspecified atom stereocenters. The van der Waals surface area contributed by atoms with Gasteiger partial charge in [0.05, 0.1) is 5.69 Å². The van der Waals surface area contributed by atoms with Gasteiger partial charge in [-0.25, -0.2) is 0 Å². The Bertz CT molecular complexity index is 540. The van der Waals surface area contributed by atoms with E-state index in [9.17, 15) is 10.1 Å². The topological polar surface area (TPSA) is 68.1 Å². The number of benzene rings is 1. The van der Waals surface area contributed by atoms with E-state index in [4.69, 9.17) is 0 Å². The van der Waals surface area contributed by atoms with Gasteiger partial charge in [-0.2, -0.15) is 0 Å². The van der Waals surface area contributed by atoms with Gasteiger partial charge in [-0.05, 0) is 31.2 Å². The number of hydrogen-bond acceptors (Lipinski definition) is 4. The maximum atomic E-state index is 10.8. The molecule has 0 aliphatic heterocycles. The summed E-state index contributed by atoms with van der Waals surface area (Å²) in [5.74, 6) is 0. The third-order valence-electron chi connectivity index (χ3n) is 2.77. The van der Waals surface area contributed by atoms with Crippen LogP contribution in [-0.2, 0) is 0 Å². The molecule has 1 N–H and O–H groups in total. The fourth-order valence-electron chi connectivity index (χ4n) is 1.80. The molecule has 1 heterocycles. The van der Waals surface area contributed by atoms with Crippen molar-refractivity contribution in [1.82, 2.24) is 4.98 Å². The predicted molar refractivity (Wildman–Crippen MR) is 73.6 cm³/mol. The van der Waals surface area contributed by atoms with Crippen molar-refractivity contribution >= 4 is 5.69 Å². The third-order valence-corrected chi connectivity index (χ3v) is 2.77. The summed E-state index contributed by atoms with van der Waals surface area (Å²) < 4.78 is 0. The van der Waals surface area contributed by atoms with Crippen molar-refractivity contribution in [2.24, 2.45) is 0 Å². The monoisotopic (exact) mass is 257 g/mol. The highest BCUT2D eigenvalue weighted by molar-refractivity contribution is 5.46. The number of pyridine rings is 1. The molecule has 1 atom stereocenters. The summed E-state index contributed by atoms with van der Waals surface area (Å²) >= 11 is 0. The molecular formula is C14H15N3O2. The van der Waals surface area contributed by atoms with Crippen LogP contribution in [0.3, 0.4) is 0 Å². The molecule has 1 aromatic heterocycles. The molecule has 0 fully saturated rings. The van der Waals surface area contributed by atoms with Gasteiger partial charge in [-0.1, -0.05) is 23.8 Å². The highest BCUT2D eigenvalue weighted by Gasteiger charge is 2.18. The van der Waals surface area contributed by atoms with E-state index >= 15 is 0 Å². The summed E-state index contributed by atoms with van der Waals surface area (Å²) in [5.41, 5.74) is 2.66. The van der Waals surface area contributed by atoms with Crippen LogP contribution in [0.25, 0.3) is 0 Å².